The molecule has 0 unspecified atom stereocenters. The van der Waals surface area contributed by atoms with Gasteiger partial charge in [-0.2, -0.15) is 0 Å². The first-order valence-corrected chi connectivity index (χ1v) is 10.8. The Hall–Kier alpha value is -2.71. The normalized spacial score (nSPS) is 11.6. The van der Waals surface area contributed by atoms with E-state index in [1.165, 1.54) is 11.3 Å². The molecular formula is C22H28N4O3S. The molecule has 0 radical (unpaired) electrons. The molecule has 0 fully saturated rings. The van der Waals surface area contributed by atoms with Crippen LogP contribution in [0.3, 0.4) is 0 Å². The van der Waals surface area contributed by atoms with Crippen molar-refractivity contribution in [1.29, 1.82) is 0 Å². The fourth-order valence-electron chi connectivity index (χ4n) is 2.98. The molecule has 1 aromatic carbocycles. The fourth-order valence-corrected chi connectivity index (χ4v) is 3.94. The number of thiazole rings is 1. The molecule has 3 rings (SSSR count). The number of fused-ring (bicyclic) bond motifs is 1. The number of amides is 2. The van der Waals surface area contributed by atoms with E-state index in [9.17, 15) is 9.59 Å². The molecule has 0 atom stereocenters. The van der Waals surface area contributed by atoms with Gasteiger partial charge in [-0.3, -0.25) is 14.9 Å². The van der Waals surface area contributed by atoms with Gasteiger partial charge in [0.25, 0.3) is 11.8 Å². The predicted octanol–water partition coefficient (Wildman–Crippen LogP) is 4.18. The van der Waals surface area contributed by atoms with Crippen molar-refractivity contribution in [2.24, 2.45) is 0 Å². The van der Waals surface area contributed by atoms with Crippen LogP contribution < -0.4 is 10.6 Å². The Balaban J connectivity index is 1.89. The molecule has 0 spiro atoms. The smallest absolute Gasteiger partial charge is 0.257 e. The second kappa shape index (κ2) is 8.97. The largest absolute Gasteiger partial charge is 0.380 e. The molecule has 160 valence electrons. The first-order chi connectivity index (χ1) is 14.2. The number of anilines is 1. The lowest BCUT2D eigenvalue weighted by Gasteiger charge is -2.21. The van der Waals surface area contributed by atoms with E-state index in [0.717, 1.165) is 10.3 Å². The lowest BCUT2D eigenvalue weighted by Crippen LogP contribution is -2.27. The summed E-state index contributed by atoms with van der Waals surface area (Å²) in [6.07, 6.45) is 1.83. The zero-order chi connectivity index (χ0) is 21.9. The number of aromatic nitrogens is 2. The third-order valence-corrected chi connectivity index (χ3v) is 5.57. The van der Waals surface area contributed by atoms with E-state index >= 15 is 0 Å². The number of nitrogens with one attached hydrogen (secondary N) is 2. The molecule has 2 N–H and O–H groups in total. The predicted molar refractivity (Wildman–Crippen MR) is 121 cm³/mol. The lowest BCUT2D eigenvalue weighted by atomic mass is 10.1. The minimum atomic E-state index is -0.269. The second-order valence-corrected chi connectivity index (χ2v) is 9.03. The number of rotatable bonds is 7. The van der Waals surface area contributed by atoms with Crippen molar-refractivity contribution in [3.63, 3.8) is 0 Å². The van der Waals surface area contributed by atoms with Gasteiger partial charge in [0.1, 0.15) is 0 Å². The number of benzene rings is 1. The molecule has 0 aliphatic heterocycles. The molecule has 3 aromatic rings. The van der Waals surface area contributed by atoms with Crippen LogP contribution in [0, 0.1) is 6.92 Å². The summed E-state index contributed by atoms with van der Waals surface area (Å²) in [6, 6.07) is 7.35. The minimum absolute atomic E-state index is 0.178. The van der Waals surface area contributed by atoms with Gasteiger partial charge < -0.3 is 14.6 Å². The first-order valence-electron chi connectivity index (χ1n) is 9.97. The highest BCUT2D eigenvalue weighted by Crippen LogP contribution is 2.34. The van der Waals surface area contributed by atoms with Crippen molar-refractivity contribution in [2.75, 3.05) is 25.1 Å². The van der Waals surface area contributed by atoms with Crippen molar-refractivity contribution in [3.8, 4) is 0 Å². The van der Waals surface area contributed by atoms with Gasteiger partial charge in [0.2, 0.25) is 0 Å². The number of hydrogen-bond donors (Lipinski definition) is 2. The molecule has 0 saturated heterocycles. The Kier molecular flexibility index (Phi) is 6.58. The molecule has 2 amide bonds. The van der Waals surface area contributed by atoms with Crippen LogP contribution >= 0.6 is 11.3 Å². The molecule has 0 bridgehead atoms. The number of nitrogens with zero attached hydrogens (tertiary/aromatic N) is 2. The summed E-state index contributed by atoms with van der Waals surface area (Å²) in [7, 11) is 0. The maximum Gasteiger partial charge on any atom is 0.257 e. The van der Waals surface area contributed by atoms with Crippen LogP contribution in [-0.2, 0) is 10.3 Å². The van der Waals surface area contributed by atoms with E-state index in [2.05, 4.69) is 15.6 Å². The van der Waals surface area contributed by atoms with Gasteiger partial charge >= 0.3 is 0 Å². The average molecular weight is 429 g/mol. The molecule has 0 saturated carbocycles. The van der Waals surface area contributed by atoms with Gasteiger partial charge in [0.15, 0.2) is 10.8 Å². The highest BCUT2D eigenvalue weighted by atomic mass is 32.1. The third kappa shape index (κ3) is 4.88. The molecule has 30 heavy (non-hydrogen) atoms. The number of carbonyl (C=O) groups is 2. The van der Waals surface area contributed by atoms with Crippen molar-refractivity contribution in [3.05, 3.63) is 47.2 Å². The highest BCUT2D eigenvalue weighted by molar-refractivity contribution is 7.22. The minimum Gasteiger partial charge on any atom is -0.380 e. The van der Waals surface area contributed by atoms with Crippen molar-refractivity contribution in [1.82, 2.24) is 14.9 Å². The third-order valence-electron chi connectivity index (χ3n) is 4.58. The molecule has 2 aromatic heterocycles. The van der Waals surface area contributed by atoms with E-state index in [4.69, 9.17) is 4.74 Å². The van der Waals surface area contributed by atoms with Crippen LogP contribution in [0.1, 0.15) is 54.0 Å². The Bertz CT molecular complexity index is 1040. The van der Waals surface area contributed by atoms with E-state index < -0.39 is 0 Å². The van der Waals surface area contributed by atoms with Gasteiger partial charge in [-0.25, -0.2) is 4.98 Å². The topological polar surface area (TPSA) is 85.2 Å². The Morgan fingerprint density at radius 3 is 2.50 bits per heavy atom. The number of ether oxygens (including phenoxy) is 1. The van der Waals surface area contributed by atoms with E-state index in [1.54, 1.807) is 12.1 Å². The summed E-state index contributed by atoms with van der Waals surface area (Å²) in [6.45, 7) is 11.5. The monoisotopic (exact) mass is 428 g/mol. The number of carbonyl (C=O) groups excluding carboxylic acids is 2. The van der Waals surface area contributed by atoms with Gasteiger partial charge in [-0.1, -0.05) is 29.0 Å². The van der Waals surface area contributed by atoms with E-state index in [1.807, 2.05) is 57.5 Å². The Morgan fingerprint density at radius 2 is 1.87 bits per heavy atom. The molecule has 0 aliphatic carbocycles. The lowest BCUT2D eigenvalue weighted by molar-refractivity contribution is 0.0923. The van der Waals surface area contributed by atoms with Gasteiger partial charge in [-0.05, 0) is 46.8 Å². The summed E-state index contributed by atoms with van der Waals surface area (Å²) < 4.78 is 8.01. The van der Waals surface area contributed by atoms with E-state index in [0.29, 0.717) is 41.7 Å². The van der Waals surface area contributed by atoms with Crippen molar-refractivity contribution >= 4 is 38.6 Å². The standard InChI is InChI=1S/C22H28N4O3S/c1-6-29-12-11-23-20(28)16-13-26(22(3,4)5)18-17(16)30-21(24-18)25-19(27)15-9-7-14(2)8-10-15/h7-10,13H,6,11-12H2,1-5H3,(H,23,28)(H,24,25,27). The number of aryl methyl sites for hydroxylation is 1. The molecular weight excluding hydrogens is 400 g/mol. The van der Waals surface area contributed by atoms with Gasteiger partial charge in [0.05, 0.1) is 16.9 Å². The van der Waals surface area contributed by atoms with Crippen LogP contribution in [0.2, 0.25) is 0 Å². The van der Waals surface area contributed by atoms with Crippen LogP contribution in [0.25, 0.3) is 10.3 Å². The summed E-state index contributed by atoms with van der Waals surface area (Å²) in [5.41, 5.74) is 2.61. The van der Waals surface area contributed by atoms with E-state index in [-0.39, 0.29) is 17.4 Å². The Morgan fingerprint density at radius 1 is 1.17 bits per heavy atom. The second-order valence-electron chi connectivity index (χ2n) is 8.03. The molecule has 0 aliphatic rings. The van der Waals surface area contributed by atoms with Crippen molar-refractivity contribution in [2.45, 2.75) is 40.2 Å². The fraction of sp³-hybridized carbons (Fsp3) is 0.409. The van der Waals surface area contributed by atoms with Crippen molar-refractivity contribution < 1.29 is 14.3 Å². The van der Waals surface area contributed by atoms with Crippen LogP contribution in [0.4, 0.5) is 5.13 Å². The maximum atomic E-state index is 12.8. The molecule has 8 heteroatoms. The van der Waals surface area contributed by atoms with Crippen LogP contribution in [-0.4, -0.2) is 41.1 Å². The summed E-state index contributed by atoms with van der Waals surface area (Å²) in [5, 5.41) is 6.21. The zero-order valence-electron chi connectivity index (χ0n) is 18.0. The van der Waals surface area contributed by atoms with Crippen LogP contribution in [0.5, 0.6) is 0 Å². The van der Waals surface area contributed by atoms with Gasteiger partial charge in [0, 0.05) is 30.5 Å². The Labute approximate surface area is 180 Å². The summed E-state index contributed by atoms with van der Waals surface area (Å²) in [4.78, 5) is 30.0. The first kappa shape index (κ1) is 22.0. The SMILES string of the molecule is CCOCCNC(=O)c1cn(C(C)(C)C)c2nc(NC(=O)c3ccc(C)cc3)sc12. The van der Waals surface area contributed by atoms with Crippen LogP contribution in [0.15, 0.2) is 30.5 Å². The molecule has 7 nitrogen and oxygen atoms in total. The average Bonchev–Trinajstić information content (AvgIpc) is 3.23. The highest BCUT2D eigenvalue weighted by Gasteiger charge is 2.25. The maximum absolute atomic E-state index is 12.8. The summed E-state index contributed by atoms with van der Waals surface area (Å²) >= 11 is 1.30. The number of hydrogen-bond acceptors (Lipinski definition) is 5. The quantitative estimate of drug-likeness (QED) is 0.553. The van der Waals surface area contributed by atoms with Gasteiger partial charge in [-0.15, -0.1) is 0 Å². The zero-order valence-corrected chi connectivity index (χ0v) is 18.9. The molecule has 2 heterocycles. The summed E-state index contributed by atoms with van der Waals surface area (Å²) in [5.74, 6) is -0.404.